The molecule has 0 saturated carbocycles. The highest BCUT2D eigenvalue weighted by Crippen LogP contribution is 2.26. The minimum absolute atomic E-state index is 0.0477. The normalized spacial score (nSPS) is 17.2. The van der Waals surface area contributed by atoms with Crippen LogP contribution in [0.4, 0.5) is 0 Å². The first-order valence-corrected chi connectivity index (χ1v) is 8.66. The highest BCUT2D eigenvalue weighted by Gasteiger charge is 2.32. The molecule has 3 rings (SSSR count). The van der Waals surface area contributed by atoms with Crippen LogP contribution in [0.1, 0.15) is 22.8 Å². The third-order valence-electron chi connectivity index (χ3n) is 4.69. The van der Waals surface area contributed by atoms with Crippen molar-refractivity contribution in [3.8, 4) is 17.2 Å². The number of benzene rings is 2. The van der Waals surface area contributed by atoms with Crippen molar-refractivity contribution in [1.82, 2.24) is 9.80 Å². The topological polar surface area (TPSA) is 64.4 Å². The molecule has 0 spiro atoms. The Balaban J connectivity index is 1.81. The van der Waals surface area contributed by atoms with Crippen molar-refractivity contribution in [3.63, 3.8) is 0 Å². The standard InChI is InChI=1S/C20H18ClN3O2/c1-13-19(25)23(2)9-10-24(13)20(26)15-5-3-14(4-6-15)16-7-8-17(12-22)18(21)11-16/h3-8,11,13H,9-10H2,1-2H3/t13-/m1/s1. The third-order valence-corrected chi connectivity index (χ3v) is 5.01. The fourth-order valence-electron chi connectivity index (χ4n) is 3.05. The van der Waals surface area contributed by atoms with Crippen LogP contribution in [0.5, 0.6) is 0 Å². The molecule has 0 N–H and O–H groups in total. The zero-order valence-electron chi connectivity index (χ0n) is 14.6. The van der Waals surface area contributed by atoms with Gasteiger partial charge >= 0.3 is 0 Å². The molecule has 0 aromatic heterocycles. The van der Waals surface area contributed by atoms with Gasteiger partial charge in [-0.1, -0.05) is 29.8 Å². The Morgan fingerprint density at radius 3 is 2.42 bits per heavy atom. The average molecular weight is 368 g/mol. The summed E-state index contributed by atoms with van der Waals surface area (Å²) < 4.78 is 0. The minimum atomic E-state index is -0.460. The fraction of sp³-hybridized carbons (Fsp3) is 0.250. The van der Waals surface area contributed by atoms with E-state index >= 15 is 0 Å². The molecule has 0 radical (unpaired) electrons. The van der Waals surface area contributed by atoms with E-state index in [9.17, 15) is 9.59 Å². The van der Waals surface area contributed by atoms with Gasteiger partial charge in [0.1, 0.15) is 12.1 Å². The molecule has 6 heteroatoms. The molecule has 2 aromatic carbocycles. The molecule has 1 saturated heterocycles. The van der Waals surface area contributed by atoms with Crippen LogP contribution in [-0.4, -0.2) is 47.8 Å². The van der Waals surface area contributed by atoms with E-state index in [0.29, 0.717) is 29.2 Å². The average Bonchev–Trinajstić information content (AvgIpc) is 2.66. The van der Waals surface area contributed by atoms with Gasteiger partial charge in [0.2, 0.25) is 5.91 Å². The van der Waals surface area contributed by atoms with Crippen LogP contribution in [0, 0.1) is 11.3 Å². The van der Waals surface area contributed by atoms with Gasteiger partial charge in [-0.05, 0) is 42.3 Å². The van der Waals surface area contributed by atoms with Crippen LogP contribution in [0.15, 0.2) is 42.5 Å². The van der Waals surface area contributed by atoms with Crippen molar-refractivity contribution in [2.24, 2.45) is 0 Å². The zero-order chi connectivity index (χ0) is 18.8. The summed E-state index contributed by atoms with van der Waals surface area (Å²) in [6.07, 6.45) is 0. The molecule has 1 fully saturated rings. The Kier molecular flexibility index (Phi) is 4.97. The Hall–Kier alpha value is -2.84. The number of nitrogens with zero attached hydrogens (tertiary/aromatic N) is 3. The molecule has 0 bridgehead atoms. The summed E-state index contributed by atoms with van der Waals surface area (Å²) in [4.78, 5) is 28.1. The van der Waals surface area contributed by atoms with Crippen molar-refractivity contribution in [1.29, 1.82) is 5.26 Å². The molecule has 2 amide bonds. The molecule has 5 nitrogen and oxygen atoms in total. The van der Waals surface area contributed by atoms with Crippen LogP contribution in [-0.2, 0) is 4.79 Å². The van der Waals surface area contributed by atoms with Gasteiger partial charge in [0.25, 0.3) is 5.91 Å². The van der Waals surface area contributed by atoms with E-state index in [1.165, 1.54) is 0 Å². The highest BCUT2D eigenvalue weighted by atomic mass is 35.5. The number of amides is 2. The maximum atomic E-state index is 12.7. The van der Waals surface area contributed by atoms with E-state index in [1.54, 1.807) is 48.0 Å². The summed E-state index contributed by atoms with van der Waals surface area (Å²) in [6.45, 7) is 2.81. The monoisotopic (exact) mass is 367 g/mol. The summed E-state index contributed by atoms with van der Waals surface area (Å²) in [6, 6.07) is 14.0. The first-order valence-electron chi connectivity index (χ1n) is 8.28. The van der Waals surface area contributed by atoms with Gasteiger partial charge in [0, 0.05) is 25.7 Å². The second-order valence-electron chi connectivity index (χ2n) is 6.32. The fourth-order valence-corrected chi connectivity index (χ4v) is 3.27. The number of likely N-dealkylation sites (N-methyl/N-ethyl adjacent to an activating group) is 1. The zero-order valence-corrected chi connectivity index (χ0v) is 15.3. The summed E-state index contributed by atoms with van der Waals surface area (Å²) in [5.41, 5.74) is 2.74. The number of carbonyl (C=O) groups is 2. The molecule has 1 atom stereocenters. The Morgan fingerprint density at radius 1 is 1.15 bits per heavy atom. The van der Waals surface area contributed by atoms with Gasteiger partial charge < -0.3 is 9.80 Å². The first kappa shape index (κ1) is 18.0. The number of nitriles is 1. The van der Waals surface area contributed by atoms with E-state index < -0.39 is 6.04 Å². The Morgan fingerprint density at radius 2 is 1.81 bits per heavy atom. The van der Waals surface area contributed by atoms with E-state index in [2.05, 4.69) is 0 Å². The lowest BCUT2D eigenvalue weighted by atomic mass is 10.0. The minimum Gasteiger partial charge on any atom is -0.342 e. The smallest absolute Gasteiger partial charge is 0.254 e. The summed E-state index contributed by atoms with van der Waals surface area (Å²) in [7, 11) is 1.75. The molecule has 2 aromatic rings. The van der Waals surface area contributed by atoms with Crippen LogP contribution in [0.25, 0.3) is 11.1 Å². The first-order chi connectivity index (χ1) is 12.4. The van der Waals surface area contributed by atoms with Gasteiger partial charge in [-0.2, -0.15) is 5.26 Å². The number of halogens is 1. The lowest BCUT2D eigenvalue weighted by molar-refractivity contribution is -0.137. The summed E-state index contributed by atoms with van der Waals surface area (Å²) in [5.74, 6) is -0.197. The molecule has 0 unspecified atom stereocenters. The number of hydrogen-bond acceptors (Lipinski definition) is 3. The van der Waals surface area contributed by atoms with Crippen LogP contribution in [0.3, 0.4) is 0 Å². The lowest BCUT2D eigenvalue weighted by Gasteiger charge is -2.37. The largest absolute Gasteiger partial charge is 0.342 e. The SMILES string of the molecule is C[C@@H]1C(=O)N(C)CCN1C(=O)c1ccc(-c2ccc(C#N)c(Cl)c2)cc1. The van der Waals surface area contributed by atoms with Crippen molar-refractivity contribution in [2.75, 3.05) is 20.1 Å². The molecular weight excluding hydrogens is 350 g/mol. The number of carbonyl (C=O) groups excluding carboxylic acids is 2. The quantitative estimate of drug-likeness (QED) is 0.818. The molecule has 132 valence electrons. The van der Waals surface area contributed by atoms with Crippen molar-refractivity contribution in [2.45, 2.75) is 13.0 Å². The highest BCUT2D eigenvalue weighted by molar-refractivity contribution is 6.32. The Labute approximate surface area is 157 Å². The second-order valence-corrected chi connectivity index (χ2v) is 6.73. The molecule has 26 heavy (non-hydrogen) atoms. The number of piperazine rings is 1. The molecular formula is C20H18ClN3O2. The lowest BCUT2D eigenvalue weighted by Crippen LogP contribution is -2.56. The number of hydrogen-bond donors (Lipinski definition) is 0. The van der Waals surface area contributed by atoms with E-state index in [-0.39, 0.29) is 11.8 Å². The second kappa shape index (κ2) is 7.19. The van der Waals surface area contributed by atoms with Gasteiger partial charge in [0.05, 0.1) is 10.6 Å². The predicted molar refractivity (Wildman–Crippen MR) is 99.7 cm³/mol. The number of rotatable bonds is 2. The summed E-state index contributed by atoms with van der Waals surface area (Å²) >= 11 is 6.08. The van der Waals surface area contributed by atoms with Gasteiger partial charge in [-0.25, -0.2) is 0 Å². The van der Waals surface area contributed by atoms with Gasteiger partial charge in [-0.3, -0.25) is 9.59 Å². The molecule has 1 aliphatic heterocycles. The van der Waals surface area contributed by atoms with Crippen molar-refractivity contribution in [3.05, 3.63) is 58.6 Å². The Bertz CT molecular complexity index is 902. The molecule has 1 heterocycles. The van der Waals surface area contributed by atoms with Crippen LogP contribution in [0.2, 0.25) is 5.02 Å². The maximum Gasteiger partial charge on any atom is 0.254 e. The van der Waals surface area contributed by atoms with Crippen LogP contribution < -0.4 is 0 Å². The van der Waals surface area contributed by atoms with Gasteiger partial charge in [0.15, 0.2) is 0 Å². The maximum absolute atomic E-state index is 12.7. The molecule has 0 aliphatic carbocycles. The van der Waals surface area contributed by atoms with Crippen LogP contribution >= 0.6 is 11.6 Å². The van der Waals surface area contributed by atoms with Crippen molar-refractivity contribution < 1.29 is 9.59 Å². The van der Waals surface area contributed by atoms with E-state index in [1.807, 2.05) is 24.3 Å². The third kappa shape index (κ3) is 3.29. The molecule has 1 aliphatic rings. The van der Waals surface area contributed by atoms with E-state index in [4.69, 9.17) is 16.9 Å². The predicted octanol–water partition coefficient (Wildman–Crippen LogP) is 3.18. The van der Waals surface area contributed by atoms with Gasteiger partial charge in [-0.15, -0.1) is 0 Å². The van der Waals surface area contributed by atoms with Crippen molar-refractivity contribution >= 4 is 23.4 Å². The summed E-state index contributed by atoms with van der Waals surface area (Å²) in [5, 5.41) is 9.35. The van der Waals surface area contributed by atoms with E-state index in [0.717, 1.165) is 11.1 Å².